The van der Waals surface area contributed by atoms with Crippen LogP contribution in [0, 0.1) is 5.92 Å². The van der Waals surface area contributed by atoms with Gasteiger partial charge in [0.05, 0.1) is 10.7 Å². The molecule has 2 aliphatic heterocycles. The number of rotatable bonds is 3. The second-order valence-corrected chi connectivity index (χ2v) is 7.36. The van der Waals surface area contributed by atoms with E-state index in [4.69, 9.17) is 23.2 Å². The molecular formula is C17H22Cl3N3O2. The van der Waals surface area contributed by atoms with Crippen LogP contribution in [-0.4, -0.2) is 37.0 Å². The zero-order valence-electron chi connectivity index (χ0n) is 13.9. The summed E-state index contributed by atoms with van der Waals surface area (Å²) in [7, 11) is 0. The Labute approximate surface area is 163 Å². The molecule has 2 fully saturated rings. The normalized spacial score (nSPS) is 26.3. The summed E-state index contributed by atoms with van der Waals surface area (Å²) >= 11 is 12.2. The van der Waals surface area contributed by atoms with Gasteiger partial charge in [-0.2, -0.15) is 0 Å². The fraction of sp³-hybridized carbons (Fsp3) is 0.529. The van der Waals surface area contributed by atoms with Gasteiger partial charge < -0.3 is 15.5 Å². The Morgan fingerprint density at radius 1 is 1.32 bits per heavy atom. The predicted octanol–water partition coefficient (Wildman–Crippen LogP) is 3.02. The van der Waals surface area contributed by atoms with Gasteiger partial charge in [-0.25, -0.2) is 0 Å². The number of anilines is 1. The molecule has 2 amide bonds. The number of piperidine rings is 1. The average molecular weight is 407 g/mol. The molecule has 3 rings (SSSR count). The lowest BCUT2D eigenvalue weighted by Crippen LogP contribution is -2.49. The van der Waals surface area contributed by atoms with Crippen molar-refractivity contribution in [1.82, 2.24) is 10.6 Å². The van der Waals surface area contributed by atoms with Crippen molar-refractivity contribution in [1.29, 1.82) is 0 Å². The Kier molecular flexibility index (Phi) is 6.97. The molecule has 0 radical (unpaired) electrons. The van der Waals surface area contributed by atoms with Gasteiger partial charge in [-0.3, -0.25) is 9.59 Å². The van der Waals surface area contributed by atoms with Crippen LogP contribution in [0.3, 0.4) is 0 Å². The number of nitrogens with one attached hydrogen (secondary N) is 2. The van der Waals surface area contributed by atoms with E-state index in [-0.39, 0.29) is 30.3 Å². The van der Waals surface area contributed by atoms with E-state index in [1.165, 1.54) is 0 Å². The molecule has 0 saturated carbocycles. The Balaban J connectivity index is 0.00000225. The Hall–Kier alpha value is -1.01. The smallest absolute Gasteiger partial charge is 0.239 e. The second kappa shape index (κ2) is 8.58. The minimum Gasteiger partial charge on any atom is -0.353 e. The first-order valence-electron chi connectivity index (χ1n) is 8.26. The maximum absolute atomic E-state index is 12.7. The highest BCUT2D eigenvalue weighted by Gasteiger charge is 2.39. The number of amides is 2. The van der Waals surface area contributed by atoms with E-state index in [0.29, 0.717) is 34.7 Å². The lowest BCUT2D eigenvalue weighted by atomic mass is 9.99. The van der Waals surface area contributed by atoms with E-state index < -0.39 is 5.92 Å². The van der Waals surface area contributed by atoms with E-state index >= 15 is 0 Å². The largest absolute Gasteiger partial charge is 0.353 e. The topological polar surface area (TPSA) is 61.4 Å². The van der Waals surface area contributed by atoms with Gasteiger partial charge in [0.1, 0.15) is 5.92 Å². The van der Waals surface area contributed by atoms with Crippen molar-refractivity contribution in [2.24, 2.45) is 5.92 Å². The molecule has 2 heterocycles. The molecular weight excluding hydrogens is 385 g/mol. The van der Waals surface area contributed by atoms with E-state index in [1.807, 2.05) is 0 Å². The van der Waals surface area contributed by atoms with Crippen LogP contribution in [0.1, 0.15) is 26.2 Å². The number of carbonyl (C=O) groups excluding carboxylic acids is 2. The van der Waals surface area contributed by atoms with E-state index in [0.717, 1.165) is 19.4 Å². The fourth-order valence-corrected chi connectivity index (χ4v) is 3.81. The van der Waals surface area contributed by atoms with Gasteiger partial charge in [-0.05, 0) is 50.9 Å². The molecule has 5 nitrogen and oxygen atoms in total. The number of carbonyl (C=O) groups is 2. The summed E-state index contributed by atoms with van der Waals surface area (Å²) in [6, 6.07) is 5.51. The third-order valence-electron chi connectivity index (χ3n) is 4.69. The molecule has 8 heteroatoms. The molecule has 25 heavy (non-hydrogen) atoms. The molecule has 3 unspecified atom stereocenters. The maximum Gasteiger partial charge on any atom is 0.239 e. The second-order valence-electron chi connectivity index (χ2n) is 6.51. The van der Waals surface area contributed by atoms with Crippen molar-refractivity contribution >= 4 is 53.1 Å². The zero-order chi connectivity index (χ0) is 17.3. The lowest BCUT2D eigenvalue weighted by molar-refractivity contribution is -0.132. The Morgan fingerprint density at radius 2 is 2.08 bits per heavy atom. The van der Waals surface area contributed by atoms with Crippen LogP contribution in [0.15, 0.2) is 18.2 Å². The number of benzene rings is 1. The first kappa shape index (κ1) is 20.3. The molecule has 1 aromatic carbocycles. The van der Waals surface area contributed by atoms with Gasteiger partial charge in [-0.15, -0.1) is 12.4 Å². The Morgan fingerprint density at radius 3 is 2.80 bits per heavy atom. The minimum absolute atomic E-state index is 0. The molecule has 3 atom stereocenters. The number of hydrogen-bond acceptors (Lipinski definition) is 3. The van der Waals surface area contributed by atoms with Crippen molar-refractivity contribution in [2.45, 2.75) is 38.3 Å². The molecule has 2 saturated heterocycles. The van der Waals surface area contributed by atoms with Crippen molar-refractivity contribution in [3.8, 4) is 0 Å². The lowest BCUT2D eigenvalue weighted by Gasteiger charge is -2.29. The predicted molar refractivity (Wildman–Crippen MR) is 103 cm³/mol. The molecule has 0 aromatic heterocycles. The molecule has 0 aliphatic carbocycles. The molecule has 2 N–H and O–H groups in total. The van der Waals surface area contributed by atoms with Crippen molar-refractivity contribution in [3.63, 3.8) is 0 Å². The van der Waals surface area contributed by atoms with Crippen molar-refractivity contribution in [3.05, 3.63) is 28.2 Å². The van der Waals surface area contributed by atoms with Crippen LogP contribution < -0.4 is 15.5 Å². The third kappa shape index (κ3) is 4.59. The van der Waals surface area contributed by atoms with Gasteiger partial charge in [0, 0.05) is 23.7 Å². The zero-order valence-corrected chi connectivity index (χ0v) is 16.3. The molecule has 0 spiro atoms. The summed E-state index contributed by atoms with van der Waals surface area (Å²) in [6.07, 6.45) is 2.27. The fourth-order valence-electron chi connectivity index (χ4n) is 3.42. The number of hydrogen-bond donors (Lipinski definition) is 2. The highest BCUT2D eigenvalue weighted by molar-refractivity contribution is 6.36. The monoisotopic (exact) mass is 405 g/mol. The molecule has 2 aliphatic rings. The highest BCUT2D eigenvalue weighted by atomic mass is 35.5. The average Bonchev–Trinajstić information content (AvgIpc) is 2.91. The summed E-state index contributed by atoms with van der Waals surface area (Å²) in [5.74, 6) is -1.04. The van der Waals surface area contributed by atoms with E-state index in [1.54, 1.807) is 23.1 Å². The van der Waals surface area contributed by atoms with E-state index in [9.17, 15) is 9.59 Å². The molecule has 1 aromatic rings. The maximum atomic E-state index is 12.7. The first-order valence-corrected chi connectivity index (χ1v) is 9.01. The standard InChI is InChI=1S/C17H21Cl2N3O2.ClH/c1-10-8-12(4-6-20-10)21-16(23)13-5-7-22(17(13)24)15-9-11(18)2-3-14(15)19;/h2-3,9-10,12-13,20H,4-8H2,1H3,(H,21,23);1H. The SMILES string of the molecule is CC1CC(NC(=O)C2CCN(c3cc(Cl)ccc3Cl)C2=O)CCN1.Cl. The van der Waals surface area contributed by atoms with Gasteiger partial charge in [0.2, 0.25) is 11.8 Å². The Bertz CT molecular complexity index is 656. The van der Waals surface area contributed by atoms with Crippen LogP contribution in [0.2, 0.25) is 10.0 Å². The first-order chi connectivity index (χ1) is 11.5. The minimum atomic E-state index is -0.648. The number of nitrogens with zero attached hydrogens (tertiary/aromatic N) is 1. The van der Waals surface area contributed by atoms with Crippen molar-refractivity contribution < 1.29 is 9.59 Å². The van der Waals surface area contributed by atoms with Crippen LogP contribution in [-0.2, 0) is 9.59 Å². The van der Waals surface area contributed by atoms with Crippen molar-refractivity contribution in [2.75, 3.05) is 18.0 Å². The summed E-state index contributed by atoms with van der Waals surface area (Å²) in [5.41, 5.74) is 0.569. The van der Waals surface area contributed by atoms with E-state index in [2.05, 4.69) is 17.6 Å². The van der Waals surface area contributed by atoms with Gasteiger partial charge >= 0.3 is 0 Å². The van der Waals surface area contributed by atoms with Crippen LogP contribution in [0.4, 0.5) is 5.69 Å². The summed E-state index contributed by atoms with van der Waals surface area (Å²) < 4.78 is 0. The summed E-state index contributed by atoms with van der Waals surface area (Å²) in [5, 5.41) is 7.36. The van der Waals surface area contributed by atoms with Crippen LogP contribution >= 0.6 is 35.6 Å². The quantitative estimate of drug-likeness (QED) is 0.759. The van der Waals surface area contributed by atoms with Crippen LogP contribution in [0.5, 0.6) is 0 Å². The highest BCUT2D eigenvalue weighted by Crippen LogP contribution is 2.33. The summed E-state index contributed by atoms with van der Waals surface area (Å²) in [4.78, 5) is 26.7. The molecule has 0 bridgehead atoms. The van der Waals surface area contributed by atoms with Gasteiger partial charge in [-0.1, -0.05) is 23.2 Å². The number of halogens is 3. The summed E-state index contributed by atoms with van der Waals surface area (Å²) in [6.45, 7) is 3.45. The molecule has 138 valence electrons. The van der Waals surface area contributed by atoms with Crippen LogP contribution in [0.25, 0.3) is 0 Å². The third-order valence-corrected chi connectivity index (χ3v) is 5.25. The van der Waals surface area contributed by atoms with Gasteiger partial charge in [0.25, 0.3) is 0 Å². The van der Waals surface area contributed by atoms with Gasteiger partial charge in [0.15, 0.2) is 0 Å².